The Bertz CT molecular complexity index is 2870. The van der Waals surface area contributed by atoms with Gasteiger partial charge in [-0.25, -0.2) is 27.7 Å². The average Bonchev–Trinajstić information content (AvgIpc) is 3.76. The van der Waals surface area contributed by atoms with Crippen molar-refractivity contribution in [3.63, 3.8) is 0 Å². The summed E-state index contributed by atoms with van der Waals surface area (Å²) in [6.07, 6.45) is 9.05. The van der Waals surface area contributed by atoms with Crippen molar-refractivity contribution in [2.24, 2.45) is 0 Å². The molecule has 0 aliphatic carbocycles. The number of rotatable bonds is 9. The summed E-state index contributed by atoms with van der Waals surface area (Å²) in [5.41, 5.74) is 6.61. The zero-order valence-corrected chi connectivity index (χ0v) is 35.1. The molecule has 0 spiro atoms. The third-order valence-corrected chi connectivity index (χ3v) is 9.99. The maximum absolute atomic E-state index is 6.53. The molecule has 58 heavy (non-hydrogen) atoms. The predicted molar refractivity (Wildman–Crippen MR) is 219 cm³/mol. The molecule has 8 nitrogen and oxygen atoms in total. The van der Waals surface area contributed by atoms with Gasteiger partial charge in [0.25, 0.3) is 0 Å². The molecule has 0 bridgehead atoms. The molecule has 5 aromatic carbocycles. The molecule has 10 aromatic rings. The second-order valence-corrected chi connectivity index (χ2v) is 13.4. The Morgan fingerprint density at radius 2 is 0.983 bits per heavy atom. The summed E-state index contributed by atoms with van der Waals surface area (Å²) < 4.78 is 17.3. The topological polar surface area (TPSA) is 79.9 Å². The zero-order chi connectivity index (χ0) is 37.6. The van der Waals surface area contributed by atoms with Gasteiger partial charge >= 0.3 is 41.5 Å². The fourth-order valence-corrected chi connectivity index (χ4v) is 7.22. The SMILES string of the molecule is CCc1ccc(-n2c3[c-]c(Oc4[c-]c(-c5ncccn5)[c-]c(Oc5[c-]c6c(cc5)c5ccccc5n6-c5ccc(CC)cn5)c4)ccc3c3ccccc32)nc1.[Pd+2].[Pt+2]. The van der Waals surface area contributed by atoms with Crippen molar-refractivity contribution in [1.82, 2.24) is 29.1 Å². The van der Waals surface area contributed by atoms with E-state index in [1.54, 1.807) is 24.5 Å². The van der Waals surface area contributed by atoms with E-state index in [2.05, 4.69) is 118 Å². The maximum Gasteiger partial charge on any atom is 2.00 e. The molecule has 10 rings (SSSR count). The number of hydrogen-bond acceptors (Lipinski definition) is 6. The Morgan fingerprint density at radius 3 is 1.43 bits per heavy atom. The van der Waals surface area contributed by atoms with E-state index in [0.717, 1.165) is 68.1 Å². The van der Waals surface area contributed by atoms with Gasteiger partial charge in [0, 0.05) is 47.3 Å². The van der Waals surface area contributed by atoms with Gasteiger partial charge in [-0.05, 0) is 82.4 Å². The number of aryl methyl sites for hydroxylation is 2. The van der Waals surface area contributed by atoms with Gasteiger partial charge in [0.05, 0.1) is 0 Å². The summed E-state index contributed by atoms with van der Waals surface area (Å²) in [5.74, 6) is 3.83. The molecule has 0 aliphatic rings. The first-order chi connectivity index (χ1) is 27.6. The van der Waals surface area contributed by atoms with E-state index in [-0.39, 0.29) is 41.5 Å². The first-order valence-electron chi connectivity index (χ1n) is 18.6. The van der Waals surface area contributed by atoms with Crippen molar-refractivity contribution < 1.29 is 51.0 Å². The Hall–Kier alpha value is -5.97. The molecule has 0 unspecified atom stereocenters. The fourth-order valence-electron chi connectivity index (χ4n) is 7.22. The van der Waals surface area contributed by atoms with Crippen LogP contribution in [0.4, 0.5) is 0 Å². The van der Waals surface area contributed by atoms with Crippen molar-refractivity contribution in [2.45, 2.75) is 26.7 Å². The zero-order valence-electron chi connectivity index (χ0n) is 31.2. The average molecular weight is 1030 g/mol. The van der Waals surface area contributed by atoms with E-state index >= 15 is 0 Å². The van der Waals surface area contributed by atoms with Crippen molar-refractivity contribution in [3.05, 3.63) is 169 Å². The molecule has 0 N–H and O–H groups in total. The normalized spacial score (nSPS) is 11.1. The molecule has 286 valence electrons. The number of pyridine rings is 2. The molecule has 5 heterocycles. The first kappa shape index (κ1) is 38.9. The summed E-state index contributed by atoms with van der Waals surface area (Å²) in [5, 5.41) is 4.30. The molecule has 0 radical (unpaired) electrons. The Morgan fingerprint density at radius 1 is 0.500 bits per heavy atom. The minimum Gasteiger partial charge on any atom is -0.521 e. The van der Waals surface area contributed by atoms with Crippen LogP contribution in [-0.2, 0) is 54.3 Å². The third-order valence-electron chi connectivity index (χ3n) is 9.99. The fraction of sp³-hybridized carbons (Fsp3) is 0.0833. The number of para-hydroxylation sites is 2. The minimum atomic E-state index is 0. The van der Waals surface area contributed by atoms with Crippen LogP contribution in [0.5, 0.6) is 23.0 Å². The van der Waals surface area contributed by atoms with Crippen LogP contribution in [0.25, 0.3) is 66.6 Å². The van der Waals surface area contributed by atoms with Crippen molar-refractivity contribution in [2.75, 3.05) is 0 Å². The molecule has 0 saturated heterocycles. The van der Waals surface area contributed by atoms with Crippen molar-refractivity contribution in [1.29, 1.82) is 0 Å². The number of hydrogen-bond donors (Lipinski definition) is 0. The van der Waals surface area contributed by atoms with Crippen LogP contribution in [0.2, 0.25) is 0 Å². The molecular weight excluding hydrogens is 994 g/mol. The van der Waals surface area contributed by atoms with Crippen LogP contribution in [0, 0.1) is 24.3 Å². The van der Waals surface area contributed by atoms with Crippen LogP contribution in [0.15, 0.2) is 134 Å². The van der Waals surface area contributed by atoms with Gasteiger partial charge in [-0.15, -0.1) is 41.1 Å². The van der Waals surface area contributed by atoms with Crippen LogP contribution < -0.4 is 9.47 Å². The quantitative estimate of drug-likeness (QED) is 0.106. The van der Waals surface area contributed by atoms with E-state index in [9.17, 15) is 0 Å². The summed E-state index contributed by atoms with van der Waals surface area (Å²) in [4.78, 5) is 18.6. The Balaban J connectivity index is 0.00000235. The van der Waals surface area contributed by atoms with E-state index < -0.39 is 0 Å². The predicted octanol–water partition coefficient (Wildman–Crippen LogP) is 11.0. The van der Waals surface area contributed by atoms with E-state index in [0.29, 0.717) is 34.4 Å². The molecule has 0 aliphatic heterocycles. The minimum absolute atomic E-state index is 0. The molecule has 0 saturated carbocycles. The van der Waals surface area contributed by atoms with Gasteiger partial charge in [-0.1, -0.05) is 73.4 Å². The number of nitrogens with zero attached hydrogens (tertiary/aromatic N) is 6. The van der Waals surface area contributed by atoms with Gasteiger partial charge in [0.2, 0.25) is 0 Å². The van der Waals surface area contributed by atoms with Crippen LogP contribution in [-0.4, -0.2) is 29.1 Å². The number of fused-ring (bicyclic) bond motifs is 6. The van der Waals surface area contributed by atoms with Gasteiger partial charge < -0.3 is 28.6 Å². The second-order valence-electron chi connectivity index (χ2n) is 13.4. The van der Waals surface area contributed by atoms with Gasteiger partial charge in [0.15, 0.2) is 0 Å². The molecule has 0 atom stereocenters. The molecule has 5 aromatic heterocycles. The molecule has 0 amide bonds. The number of aromatic nitrogens is 6. The van der Waals surface area contributed by atoms with Crippen LogP contribution in [0.1, 0.15) is 25.0 Å². The summed E-state index contributed by atoms with van der Waals surface area (Å²) in [6, 6.07) is 50.1. The smallest absolute Gasteiger partial charge is 0.521 e. The van der Waals surface area contributed by atoms with Crippen molar-refractivity contribution in [3.8, 4) is 46.0 Å². The van der Waals surface area contributed by atoms with Crippen LogP contribution >= 0.6 is 0 Å². The van der Waals surface area contributed by atoms with Gasteiger partial charge in [-0.2, -0.15) is 12.1 Å². The van der Waals surface area contributed by atoms with Gasteiger partial charge in [0.1, 0.15) is 11.6 Å². The monoisotopic (exact) mass is 1030 g/mol. The standard InChI is InChI=1S/C48H32N6O2.Pd.Pt/c1-3-31-14-20-46(51-29-31)53-42-12-7-5-10-38(42)40-18-16-34(27-44(40)53)55-36-24-33(48-49-22-9-23-50-48)25-37(26-36)56-35-17-19-41-39-11-6-8-13-43(39)54(45(41)28-35)47-21-15-32(4-2)30-52-47;;/h5-23,26,29-30H,3-4H2,1-2H3;;/q-4;2*+2. The van der Waals surface area contributed by atoms with E-state index in [1.807, 2.05) is 48.8 Å². The second kappa shape index (κ2) is 16.5. The third kappa shape index (κ3) is 7.11. The molecular formula is C48H32N6O2PdPt. The largest absolute Gasteiger partial charge is 2.00 e. The van der Waals surface area contributed by atoms with E-state index in [4.69, 9.17) is 19.4 Å². The van der Waals surface area contributed by atoms with Gasteiger partial charge in [-0.3, -0.25) is 0 Å². The Labute approximate surface area is 363 Å². The summed E-state index contributed by atoms with van der Waals surface area (Å²) >= 11 is 0. The maximum atomic E-state index is 6.53. The number of benzene rings is 5. The first-order valence-corrected chi connectivity index (χ1v) is 18.6. The summed E-state index contributed by atoms with van der Waals surface area (Å²) in [6.45, 7) is 4.25. The van der Waals surface area contributed by atoms with E-state index in [1.165, 1.54) is 11.1 Å². The summed E-state index contributed by atoms with van der Waals surface area (Å²) in [7, 11) is 0. The molecule has 0 fully saturated rings. The molecule has 10 heteroatoms. The Kier molecular flexibility index (Phi) is 11.1. The number of ether oxygens (including phenoxy) is 2. The van der Waals surface area contributed by atoms with Crippen LogP contribution in [0.3, 0.4) is 0 Å². The van der Waals surface area contributed by atoms with Crippen molar-refractivity contribution >= 4 is 43.6 Å².